The number of rotatable bonds is 5. The molecule has 0 N–H and O–H groups in total. The molecule has 3 heterocycles. The van der Waals surface area contributed by atoms with Crippen LogP contribution in [0.4, 0.5) is 0 Å². The molecule has 0 saturated heterocycles. The number of carbonyl (C=O) groups excluding carboxylic acids is 1. The molecule has 26 heavy (non-hydrogen) atoms. The highest BCUT2D eigenvalue weighted by Gasteiger charge is 2.20. The second kappa shape index (κ2) is 6.63. The maximum absolute atomic E-state index is 12.0. The SMILES string of the molecule is CCOC(=O)C(CC)ON=c1c2nccc3cccc(c32)n2cccc12. The number of hydrogen-bond donors (Lipinski definition) is 0. The molecule has 0 saturated carbocycles. The van der Waals surface area contributed by atoms with E-state index in [2.05, 4.69) is 20.6 Å². The Labute approximate surface area is 150 Å². The average molecular weight is 349 g/mol. The topological polar surface area (TPSA) is 65.2 Å². The third-order valence-corrected chi connectivity index (χ3v) is 4.44. The number of esters is 1. The number of pyridine rings is 2. The number of aromatic nitrogens is 2. The van der Waals surface area contributed by atoms with Gasteiger partial charge in [0.05, 0.1) is 17.6 Å². The number of benzene rings is 1. The van der Waals surface area contributed by atoms with Gasteiger partial charge in [0.2, 0.25) is 6.10 Å². The first kappa shape index (κ1) is 16.3. The van der Waals surface area contributed by atoms with Gasteiger partial charge in [-0.2, -0.15) is 0 Å². The number of hydrogen-bond acceptors (Lipinski definition) is 5. The maximum Gasteiger partial charge on any atom is 0.350 e. The van der Waals surface area contributed by atoms with Crippen LogP contribution in [0.3, 0.4) is 0 Å². The molecule has 0 amide bonds. The van der Waals surface area contributed by atoms with Crippen LogP contribution in [-0.2, 0) is 14.4 Å². The summed E-state index contributed by atoms with van der Waals surface area (Å²) in [6.45, 7) is 3.94. The van der Waals surface area contributed by atoms with Crippen LogP contribution in [0.5, 0.6) is 0 Å². The second-order valence-corrected chi connectivity index (χ2v) is 5.99. The Morgan fingerprint density at radius 2 is 2.04 bits per heavy atom. The Kier molecular flexibility index (Phi) is 4.16. The summed E-state index contributed by atoms with van der Waals surface area (Å²) in [5.74, 6) is -0.405. The van der Waals surface area contributed by atoms with Crippen molar-refractivity contribution in [2.75, 3.05) is 6.61 Å². The van der Waals surface area contributed by atoms with Crippen LogP contribution < -0.4 is 5.36 Å². The van der Waals surface area contributed by atoms with Gasteiger partial charge in [-0.3, -0.25) is 4.98 Å². The zero-order valence-electron chi connectivity index (χ0n) is 14.7. The van der Waals surface area contributed by atoms with Gasteiger partial charge < -0.3 is 14.0 Å². The van der Waals surface area contributed by atoms with Crippen molar-refractivity contribution in [1.29, 1.82) is 0 Å². The first-order valence-electron chi connectivity index (χ1n) is 8.71. The van der Waals surface area contributed by atoms with Crippen LogP contribution in [0.2, 0.25) is 0 Å². The lowest BCUT2D eigenvalue weighted by Gasteiger charge is -2.12. The summed E-state index contributed by atoms with van der Waals surface area (Å²) in [7, 11) is 0. The molecule has 0 spiro atoms. The minimum absolute atomic E-state index is 0.312. The van der Waals surface area contributed by atoms with Crippen LogP contribution in [0.25, 0.3) is 27.3 Å². The van der Waals surface area contributed by atoms with Crippen molar-refractivity contribution in [3.8, 4) is 0 Å². The van der Waals surface area contributed by atoms with Crippen LogP contribution in [0.15, 0.2) is 53.9 Å². The summed E-state index contributed by atoms with van der Waals surface area (Å²) in [5, 5.41) is 7.04. The van der Waals surface area contributed by atoms with E-state index in [1.807, 2.05) is 43.5 Å². The molecule has 132 valence electrons. The second-order valence-electron chi connectivity index (χ2n) is 5.99. The lowest BCUT2D eigenvalue weighted by Crippen LogP contribution is -2.25. The highest BCUT2D eigenvalue weighted by Crippen LogP contribution is 2.24. The van der Waals surface area contributed by atoms with E-state index in [1.54, 1.807) is 13.1 Å². The summed E-state index contributed by atoms with van der Waals surface area (Å²) in [4.78, 5) is 22.1. The zero-order valence-corrected chi connectivity index (χ0v) is 14.7. The summed E-state index contributed by atoms with van der Waals surface area (Å²) in [6, 6.07) is 12.0. The van der Waals surface area contributed by atoms with Gasteiger partial charge >= 0.3 is 5.97 Å². The fraction of sp³-hybridized carbons (Fsp3) is 0.250. The molecule has 0 aliphatic rings. The fourth-order valence-electron chi connectivity index (χ4n) is 3.22. The van der Waals surface area contributed by atoms with E-state index >= 15 is 0 Å². The van der Waals surface area contributed by atoms with Crippen LogP contribution in [0, 0.1) is 0 Å². The minimum atomic E-state index is -0.734. The van der Waals surface area contributed by atoms with Gasteiger partial charge in [0.25, 0.3) is 0 Å². The van der Waals surface area contributed by atoms with Crippen LogP contribution >= 0.6 is 0 Å². The Morgan fingerprint density at radius 1 is 1.19 bits per heavy atom. The quantitative estimate of drug-likeness (QED) is 0.410. The molecule has 1 aromatic carbocycles. The highest BCUT2D eigenvalue weighted by molar-refractivity contribution is 6.08. The van der Waals surface area contributed by atoms with Crippen molar-refractivity contribution in [3.63, 3.8) is 0 Å². The van der Waals surface area contributed by atoms with Crippen molar-refractivity contribution >= 4 is 33.3 Å². The molecule has 4 rings (SSSR count). The van der Waals surface area contributed by atoms with E-state index in [4.69, 9.17) is 9.57 Å². The zero-order chi connectivity index (χ0) is 18.1. The van der Waals surface area contributed by atoms with E-state index in [1.165, 1.54) is 0 Å². The van der Waals surface area contributed by atoms with E-state index in [0.29, 0.717) is 18.4 Å². The molecule has 3 aromatic heterocycles. The van der Waals surface area contributed by atoms with E-state index in [0.717, 1.165) is 27.3 Å². The molecule has 0 fully saturated rings. The van der Waals surface area contributed by atoms with Gasteiger partial charge in [-0.05, 0) is 43.0 Å². The summed E-state index contributed by atoms with van der Waals surface area (Å²) < 4.78 is 7.11. The maximum atomic E-state index is 12.0. The van der Waals surface area contributed by atoms with Gasteiger partial charge in [-0.15, -0.1) is 0 Å². The molecule has 6 heteroatoms. The monoisotopic (exact) mass is 349 g/mol. The van der Waals surface area contributed by atoms with Gasteiger partial charge in [-0.1, -0.05) is 24.2 Å². The molecule has 1 unspecified atom stereocenters. The first-order chi connectivity index (χ1) is 12.7. The number of ether oxygens (including phenoxy) is 1. The van der Waals surface area contributed by atoms with Crippen molar-refractivity contribution in [2.45, 2.75) is 26.4 Å². The predicted molar refractivity (Wildman–Crippen MR) is 98.8 cm³/mol. The Balaban J connectivity index is 1.95. The van der Waals surface area contributed by atoms with Gasteiger partial charge in [0.1, 0.15) is 5.52 Å². The van der Waals surface area contributed by atoms with E-state index in [9.17, 15) is 4.79 Å². The van der Waals surface area contributed by atoms with Crippen LogP contribution in [-0.4, -0.2) is 28.1 Å². The lowest BCUT2D eigenvalue weighted by atomic mass is 10.1. The molecular weight excluding hydrogens is 330 g/mol. The predicted octanol–water partition coefficient (Wildman–Crippen LogP) is 3.25. The third kappa shape index (κ3) is 2.54. The number of nitrogens with zero attached hydrogens (tertiary/aromatic N) is 3. The number of fused-ring (bicyclic) bond motifs is 2. The third-order valence-electron chi connectivity index (χ3n) is 4.44. The molecule has 0 radical (unpaired) electrons. The Hall–Kier alpha value is -3.15. The summed E-state index contributed by atoms with van der Waals surface area (Å²) >= 11 is 0. The fourth-order valence-corrected chi connectivity index (χ4v) is 3.22. The van der Waals surface area contributed by atoms with Crippen LogP contribution in [0.1, 0.15) is 20.3 Å². The molecule has 6 nitrogen and oxygen atoms in total. The van der Waals surface area contributed by atoms with Crippen molar-refractivity contribution in [2.24, 2.45) is 5.16 Å². The normalized spacial score (nSPS) is 13.5. The van der Waals surface area contributed by atoms with Gasteiger partial charge in [0.15, 0.2) is 5.36 Å². The summed E-state index contributed by atoms with van der Waals surface area (Å²) in [6.07, 6.45) is 3.49. The Bertz CT molecular complexity index is 1140. The minimum Gasteiger partial charge on any atom is -0.463 e. The van der Waals surface area contributed by atoms with Crippen molar-refractivity contribution in [1.82, 2.24) is 9.38 Å². The van der Waals surface area contributed by atoms with E-state index < -0.39 is 12.1 Å². The molecule has 0 bridgehead atoms. The Morgan fingerprint density at radius 3 is 2.85 bits per heavy atom. The molecule has 4 aromatic rings. The first-order valence-corrected chi connectivity index (χ1v) is 8.71. The average Bonchev–Trinajstić information content (AvgIpc) is 3.14. The van der Waals surface area contributed by atoms with E-state index in [-0.39, 0.29) is 0 Å². The van der Waals surface area contributed by atoms with Crippen molar-refractivity contribution < 1.29 is 14.4 Å². The highest BCUT2D eigenvalue weighted by atomic mass is 16.7. The molecular formula is C20H19N3O3. The smallest absolute Gasteiger partial charge is 0.350 e. The molecule has 0 aliphatic carbocycles. The standard InChI is InChI=1S/C20H19N3O3/c1-3-16(20(24)25-4-2)26-22-18-15-9-6-12-23(15)14-8-5-7-13-10-11-21-19(18)17(13)14/h5-12,16H,3-4H2,1-2H3. The van der Waals surface area contributed by atoms with Crippen molar-refractivity contribution in [3.05, 3.63) is 54.1 Å². The molecule has 1 atom stereocenters. The molecule has 0 aliphatic heterocycles. The summed E-state index contributed by atoms with van der Waals surface area (Å²) in [5.41, 5.74) is 2.69. The van der Waals surface area contributed by atoms with Gasteiger partial charge in [-0.25, -0.2) is 4.79 Å². The number of carbonyl (C=O) groups is 1. The lowest BCUT2D eigenvalue weighted by molar-refractivity contribution is -0.157. The van der Waals surface area contributed by atoms with Gasteiger partial charge in [0, 0.05) is 17.8 Å². The largest absolute Gasteiger partial charge is 0.463 e.